The van der Waals surface area contributed by atoms with E-state index in [2.05, 4.69) is 4.98 Å². The highest BCUT2D eigenvalue weighted by Gasteiger charge is 2.14. The Kier molecular flexibility index (Phi) is 4.26. The van der Waals surface area contributed by atoms with Gasteiger partial charge in [-0.05, 0) is 5.56 Å². The number of ether oxygens (including phenoxy) is 1. The number of hydrogen-bond donors (Lipinski definition) is 0. The minimum absolute atomic E-state index is 0.0578. The average molecular weight is 276 g/mol. The fraction of sp³-hybridized carbons (Fsp3) is 0.0714. The third-order valence-electron chi connectivity index (χ3n) is 2.51. The number of benzene rings is 1. The van der Waals surface area contributed by atoms with Crippen molar-refractivity contribution in [2.45, 2.75) is 6.61 Å². The summed E-state index contributed by atoms with van der Waals surface area (Å²) in [4.78, 5) is 25.8. The fourth-order valence-corrected chi connectivity index (χ4v) is 1.76. The minimum Gasteiger partial charge on any atom is -0.486 e. The van der Waals surface area contributed by atoms with Crippen LogP contribution in [0, 0.1) is 0 Å². The summed E-state index contributed by atoms with van der Waals surface area (Å²) in [5.74, 6) is 0.112. The molecule has 0 unspecified atom stereocenters. The summed E-state index contributed by atoms with van der Waals surface area (Å²) in [7, 11) is 0. The van der Waals surface area contributed by atoms with Crippen LogP contribution in [-0.2, 0) is 6.61 Å². The maximum atomic E-state index is 11.0. The van der Waals surface area contributed by atoms with Crippen molar-refractivity contribution in [1.29, 1.82) is 0 Å². The standard InChI is InChI=1S/C14H10ClNO3/c15-12-6-16-13(8-18)14(11(12)7-17)19-9-10-4-2-1-3-5-10/h1-8H,9H2. The third kappa shape index (κ3) is 2.98. The lowest BCUT2D eigenvalue weighted by molar-refractivity contribution is 0.111. The van der Waals surface area contributed by atoms with Gasteiger partial charge in [0.05, 0.1) is 10.6 Å². The van der Waals surface area contributed by atoms with Crippen LogP contribution in [0.3, 0.4) is 0 Å². The zero-order chi connectivity index (χ0) is 13.7. The molecule has 0 aliphatic carbocycles. The summed E-state index contributed by atoms with van der Waals surface area (Å²) >= 11 is 5.85. The van der Waals surface area contributed by atoms with E-state index < -0.39 is 0 Å². The van der Waals surface area contributed by atoms with Gasteiger partial charge in [-0.1, -0.05) is 41.9 Å². The molecular weight excluding hydrogens is 266 g/mol. The van der Waals surface area contributed by atoms with Crippen LogP contribution in [0.25, 0.3) is 0 Å². The molecule has 0 aliphatic rings. The number of rotatable bonds is 5. The average Bonchev–Trinajstić information content (AvgIpc) is 2.46. The Labute approximate surface area is 115 Å². The van der Waals surface area contributed by atoms with Crippen molar-refractivity contribution in [3.05, 3.63) is 58.4 Å². The highest BCUT2D eigenvalue weighted by molar-refractivity contribution is 6.33. The molecule has 0 N–H and O–H groups in total. The Hall–Kier alpha value is -2.20. The highest BCUT2D eigenvalue weighted by atomic mass is 35.5. The van der Waals surface area contributed by atoms with Crippen LogP contribution in [0.2, 0.25) is 5.02 Å². The van der Waals surface area contributed by atoms with Crippen LogP contribution >= 0.6 is 11.6 Å². The zero-order valence-electron chi connectivity index (χ0n) is 9.88. The molecule has 96 valence electrons. The number of aldehydes is 2. The summed E-state index contributed by atoms with van der Waals surface area (Å²) in [5, 5.41) is 0.156. The predicted octanol–water partition coefficient (Wildman–Crippen LogP) is 2.94. The Morgan fingerprint density at radius 2 is 1.89 bits per heavy atom. The third-order valence-corrected chi connectivity index (χ3v) is 2.81. The molecule has 0 saturated carbocycles. The van der Waals surface area contributed by atoms with Gasteiger partial charge in [0, 0.05) is 6.20 Å². The van der Waals surface area contributed by atoms with Crippen molar-refractivity contribution in [3.63, 3.8) is 0 Å². The van der Waals surface area contributed by atoms with Gasteiger partial charge >= 0.3 is 0 Å². The van der Waals surface area contributed by atoms with Gasteiger partial charge in [-0.3, -0.25) is 9.59 Å². The minimum atomic E-state index is 0.0578. The number of carbonyl (C=O) groups excluding carboxylic acids is 2. The number of hydrogen-bond acceptors (Lipinski definition) is 4. The molecule has 0 fully saturated rings. The van der Waals surface area contributed by atoms with Crippen LogP contribution in [0.15, 0.2) is 36.5 Å². The van der Waals surface area contributed by atoms with E-state index in [0.717, 1.165) is 5.56 Å². The lowest BCUT2D eigenvalue weighted by Gasteiger charge is -2.11. The summed E-state index contributed by atoms with van der Waals surface area (Å²) in [6.07, 6.45) is 2.34. The highest BCUT2D eigenvalue weighted by Crippen LogP contribution is 2.27. The molecule has 4 nitrogen and oxygen atoms in total. The molecule has 0 aliphatic heterocycles. The monoisotopic (exact) mass is 275 g/mol. The lowest BCUT2D eigenvalue weighted by Crippen LogP contribution is -2.04. The first-order valence-corrected chi connectivity index (χ1v) is 5.89. The van der Waals surface area contributed by atoms with Gasteiger partial charge < -0.3 is 4.74 Å². The molecular formula is C14H10ClNO3. The van der Waals surface area contributed by atoms with Gasteiger partial charge in [-0.15, -0.1) is 0 Å². The number of pyridine rings is 1. The number of aromatic nitrogens is 1. The second-order valence-corrected chi connectivity index (χ2v) is 4.15. The molecule has 1 aromatic carbocycles. The predicted molar refractivity (Wildman–Crippen MR) is 70.8 cm³/mol. The van der Waals surface area contributed by atoms with Gasteiger partial charge in [-0.2, -0.15) is 0 Å². The van der Waals surface area contributed by atoms with E-state index in [9.17, 15) is 9.59 Å². The van der Waals surface area contributed by atoms with Crippen molar-refractivity contribution in [2.75, 3.05) is 0 Å². The maximum absolute atomic E-state index is 11.0. The Morgan fingerprint density at radius 1 is 1.16 bits per heavy atom. The second-order valence-electron chi connectivity index (χ2n) is 3.74. The van der Waals surface area contributed by atoms with Crippen LogP contribution < -0.4 is 4.74 Å². The second kappa shape index (κ2) is 6.11. The van der Waals surface area contributed by atoms with Crippen LogP contribution in [0.1, 0.15) is 26.4 Å². The number of halogens is 1. The molecule has 1 heterocycles. The number of carbonyl (C=O) groups is 2. The van der Waals surface area contributed by atoms with E-state index in [1.807, 2.05) is 30.3 Å². The first-order valence-electron chi connectivity index (χ1n) is 5.52. The number of nitrogens with zero attached hydrogens (tertiary/aromatic N) is 1. The van der Waals surface area contributed by atoms with Gasteiger partial charge in [0.1, 0.15) is 12.3 Å². The molecule has 2 aromatic rings. The Bertz CT molecular complexity index is 599. The lowest BCUT2D eigenvalue weighted by atomic mass is 10.2. The van der Waals surface area contributed by atoms with Crippen LogP contribution in [0.4, 0.5) is 0 Å². The molecule has 0 bridgehead atoms. The van der Waals surface area contributed by atoms with Gasteiger partial charge in [0.15, 0.2) is 18.3 Å². The summed E-state index contributed by atoms with van der Waals surface area (Å²) in [6.45, 7) is 0.227. The summed E-state index contributed by atoms with van der Waals surface area (Å²) in [6, 6.07) is 9.38. The summed E-state index contributed by atoms with van der Waals surface area (Å²) < 4.78 is 5.51. The van der Waals surface area contributed by atoms with E-state index in [0.29, 0.717) is 12.6 Å². The van der Waals surface area contributed by atoms with Crippen LogP contribution in [-0.4, -0.2) is 17.6 Å². The van der Waals surface area contributed by atoms with Crippen LogP contribution in [0.5, 0.6) is 5.75 Å². The molecule has 0 radical (unpaired) electrons. The van der Waals surface area contributed by atoms with Crippen molar-refractivity contribution in [1.82, 2.24) is 4.98 Å². The van der Waals surface area contributed by atoms with Crippen molar-refractivity contribution in [2.24, 2.45) is 0 Å². The van der Waals surface area contributed by atoms with E-state index >= 15 is 0 Å². The zero-order valence-corrected chi connectivity index (χ0v) is 10.6. The molecule has 5 heteroatoms. The molecule has 2 rings (SSSR count). The van der Waals surface area contributed by atoms with Gasteiger partial charge in [-0.25, -0.2) is 4.98 Å². The van der Waals surface area contributed by atoms with Crippen molar-refractivity contribution < 1.29 is 14.3 Å². The van der Waals surface area contributed by atoms with Gasteiger partial charge in [0.2, 0.25) is 0 Å². The smallest absolute Gasteiger partial charge is 0.172 e. The first kappa shape index (κ1) is 13.2. The van der Waals surface area contributed by atoms with Crippen molar-refractivity contribution in [3.8, 4) is 5.75 Å². The fourth-order valence-electron chi connectivity index (χ4n) is 1.58. The largest absolute Gasteiger partial charge is 0.486 e. The first-order chi connectivity index (χ1) is 9.26. The quantitative estimate of drug-likeness (QED) is 0.787. The maximum Gasteiger partial charge on any atom is 0.172 e. The van der Waals surface area contributed by atoms with Gasteiger partial charge in [0.25, 0.3) is 0 Å². The molecule has 0 saturated heterocycles. The normalized spacial score (nSPS) is 9.95. The van der Waals surface area contributed by atoms with E-state index in [-0.39, 0.29) is 28.6 Å². The van der Waals surface area contributed by atoms with E-state index in [1.54, 1.807) is 0 Å². The molecule has 0 amide bonds. The Morgan fingerprint density at radius 3 is 2.53 bits per heavy atom. The molecule has 0 atom stereocenters. The van der Waals surface area contributed by atoms with Crippen molar-refractivity contribution >= 4 is 24.2 Å². The van der Waals surface area contributed by atoms with E-state index in [4.69, 9.17) is 16.3 Å². The Balaban J connectivity index is 2.30. The molecule has 19 heavy (non-hydrogen) atoms. The molecule has 0 spiro atoms. The molecule has 1 aromatic heterocycles. The summed E-state index contributed by atoms with van der Waals surface area (Å²) in [5.41, 5.74) is 1.10. The topological polar surface area (TPSA) is 56.3 Å². The SMILES string of the molecule is O=Cc1ncc(Cl)c(C=O)c1OCc1ccccc1. The van der Waals surface area contributed by atoms with E-state index in [1.165, 1.54) is 6.20 Å².